The van der Waals surface area contributed by atoms with E-state index in [0.29, 0.717) is 24.7 Å². The molecular formula is C23H34O6. The van der Waals surface area contributed by atoms with E-state index in [-0.39, 0.29) is 41.9 Å². The molecule has 6 heteroatoms. The van der Waals surface area contributed by atoms with Gasteiger partial charge in [-0.25, -0.2) is 0 Å². The first-order valence-corrected chi connectivity index (χ1v) is 11.0. The molecule has 1 spiro atoms. The summed E-state index contributed by atoms with van der Waals surface area (Å²) < 4.78 is 10.5. The highest BCUT2D eigenvalue weighted by Gasteiger charge is 2.68. The predicted octanol–water partition coefficient (Wildman–Crippen LogP) is 2.76. The monoisotopic (exact) mass is 406 g/mol. The lowest BCUT2D eigenvalue weighted by atomic mass is 9.43. The van der Waals surface area contributed by atoms with E-state index in [1.54, 1.807) is 0 Å². The van der Waals surface area contributed by atoms with Crippen LogP contribution in [0.2, 0.25) is 0 Å². The topological polar surface area (TPSA) is 93.1 Å². The van der Waals surface area contributed by atoms with Crippen LogP contribution in [0.15, 0.2) is 11.6 Å². The number of fused-ring (bicyclic) bond motifs is 2. The van der Waals surface area contributed by atoms with Crippen LogP contribution in [-0.4, -0.2) is 47.1 Å². The second-order valence-corrected chi connectivity index (χ2v) is 10.2. The molecule has 2 N–H and O–H groups in total. The molecule has 0 heterocycles. The lowest BCUT2D eigenvalue weighted by Gasteiger charge is -2.62. The Kier molecular flexibility index (Phi) is 5.10. The van der Waals surface area contributed by atoms with Gasteiger partial charge in [-0.1, -0.05) is 13.0 Å². The summed E-state index contributed by atoms with van der Waals surface area (Å²) in [4.78, 5) is 22.7. The Morgan fingerprint density at radius 1 is 1.10 bits per heavy atom. The highest BCUT2D eigenvalue weighted by atomic mass is 16.5. The minimum Gasteiger partial charge on any atom is -0.463 e. The zero-order chi connectivity index (χ0) is 21.0. The number of hydrogen-bond acceptors (Lipinski definition) is 6. The van der Waals surface area contributed by atoms with Crippen molar-refractivity contribution in [3.8, 4) is 0 Å². The molecule has 162 valence electrons. The zero-order valence-corrected chi connectivity index (χ0v) is 17.8. The van der Waals surface area contributed by atoms with E-state index in [2.05, 4.69) is 6.92 Å². The summed E-state index contributed by atoms with van der Waals surface area (Å²) in [5.41, 5.74) is 0.0964. The van der Waals surface area contributed by atoms with Gasteiger partial charge in [0.1, 0.15) is 18.8 Å². The summed E-state index contributed by atoms with van der Waals surface area (Å²) in [6.45, 7) is 5.45. The third kappa shape index (κ3) is 3.23. The molecule has 0 amide bonds. The van der Waals surface area contributed by atoms with Crippen molar-refractivity contribution in [1.29, 1.82) is 0 Å². The lowest BCUT2D eigenvalue weighted by Crippen LogP contribution is -2.57. The Labute approximate surface area is 172 Å². The number of rotatable bonds is 4. The Morgan fingerprint density at radius 2 is 1.83 bits per heavy atom. The number of esters is 2. The number of ether oxygens (including phenoxy) is 2. The summed E-state index contributed by atoms with van der Waals surface area (Å²) in [7, 11) is 0. The highest BCUT2D eigenvalue weighted by molar-refractivity contribution is 5.66. The van der Waals surface area contributed by atoms with E-state index in [0.717, 1.165) is 37.7 Å². The number of carbonyl (C=O) groups excluding carboxylic acids is 2. The van der Waals surface area contributed by atoms with Gasteiger partial charge in [0.05, 0.1) is 6.10 Å². The second kappa shape index (κ2) is 7.09. The van der Waals surface area contributed by atoms with Crippen LogP contribution < -0.4 is 0 Å². The highest BCUT2D eigenvalue weighted by Crippen LogP contribution is 2.73. The summed E-state index contributed by atoms with van der Waals surface area (Å²) >= 11 is 0. The Balaban J connectivity index is 1.61. The van der Waals surface area contributed by atoms with E-state index in [1.807, 2.05) is 6.08 Å². The van der Waals surface area contributed by atoms with Gasteiger partial charge in [-0.15, -0.1) is 0 Å². The Morgan fingerprint density at radius 3 is 2.52 bits per heavy atom. The maximum atomic E-state index is 11.4. The minimum absolute atomic E-state index is 0.0692. The summed E-state index contributed by atoms with van der Waals surface area (Å²) in [6.07, 6.45) is 7.58. The molecule has 0 aromatic carbocycles. The molecule has 0 radical (unpaired) electrons. The maximum Gasteiger partial charge on any atom is 0.302 e. The molecule has 0 aromatic rings. The van der Waals surface area contributed by atoms with Crippen LogP contribution in [0.3, 0.4) is 0 Å². The lowest BCUT2D eigenvalue weighted by molar-refractivity contribution is -0.167. The van der Waals surface area contributed by atoms with Crippen molar-refractivity contribution in [2.24, 2.45) is 28.6 Å². The second-order valence-electron chi connectivity index (χ2n) is 10.2. The summed E-state index contributed by atoms with van der Waals surface area (Å²) in [5, 5.41) is 22.0. The molecule has 29 heavy (non-hydrogen) atoms. The Bertz CT molecular complexity index is 731. The van der Waals surface area contributed by atoms with Gasteiger partial charge >= 0.3 is 11.9 Å². The fourth-order valence-corrected chi connectivity index (χ4v) is 7.58. The van der Waals surface area contributed by atoms with Gasteiger partial charge in [0.2, 0.25) is 0 Å². The number of aliphatic hydroxyl groups excluding tert-OH is 1. The molecule has 0 aliphatic heterocycles. The molecule has 0 saturated heterocycles. The fourth-order valence-electron chi connectivity index (χ4n) is 7.58. The van der Waals surface area contributed by atoms with E-state index in [9.17, 15) is 19.8 Å². The van der Waals surface area contributed by atoms with E-state index in [1.165, 1.54) is 13.8 Å². The van der Waals surface area contributed by atoms with E-state index >= 15 is 0 Å². The molecule has 4 rings (SSSR count). The molecule has 3 saturated carbocycles. The van der Waals surface area contributed by atoms with Crippen molar-refractivity contribution in [2.75, 3.05) is 13.2 Å². The fraction of sp³-hybridized carbons (Fsp3) is 0.826. The van der Waals surface area contributed by atoms with Crippen LogP contribution in [0.1, 0.15) is 65.7 Å². The maximum absolute atomic E-state index is 11.4. The molecule has 7 atom stereocenters. The van der Waals surface area contributed by atoms with E-state index in [4.69, 9.17) is 9.47 Å². The van der Waals surface area contributed by atoms with Gasteiger partial charge in [0, 0.05) is 13.8 Å². The normalized spacial score (nSPS) is 45.6. The van der Waals surface area contributed by atoms with Crippen LogP contribution in [0.5, 0.6) is 0 Å². The average Bonchev–Trinajstić information content (AvgIpc) is 2.98. The summed E-state index contributed by atoms with van der Waals surface area (Å²) in [6, 6.07) is 0. The van der Waals surface area contributed by atoms with Crippen molar-refractivity contribution in [2.45, 2.75) is 77.4 Å². The molecule has 0 aromatic heterocycles. The predicted molar refractivity (Wildman–Crippen MR) is 106 cm³/mol. The first-order chi connectivity index (χ1) is 13.6. The summed E-state index contributed by atoms with van der Waals surface area (Å²) in [5.74, 6) is 0.280. The van der Waals surface area contributed by atoms with Crippen LogP contribution in [0.4, 0.5) is 0 Å². The zero-order valence-electron chi connectivity index (χ0n) is 17.8. The van der Waals surface area contributed by atoms with Crippen molar-refractivity contribution < 1.29 is 29.3 Å². The smallest absolute Gasteiger partial charge is 0.302 e. The van der Waals surface area contributed by atoms with Crippen molar-refractivity contribution in [3.63, 3.8) is 0 Å². The first-order valence-electron chi connectivity index (χ1n) is 11.0. The molecule has 4 aliphatic carbocycles. The molecule has 3 fully saturated rings. The molecule has 7 unspecified atom stereocenters. The van der Waals surface area contributed by atoms with Crippen molar-refractivity contribution in [3.05, 3.63) is 11.6 Å². The van der Waals surface area contributed by atoms with Gasteiger partial charge in [0.15, 0.2) is 0 Å². The SMILES string of the molecule is CC(=O)OCC1=CC(O)CC2(C)C1CCC1CC3CC12CCC3(O)COC(C)=O. The number of hydrogen-bond donors (Lipinski definition) is 2. The molecular weight excluding hydrogens is 372 g/mol. The molecule has 2 bridgehead atoms. The third-order valence-corrected chi connectivity index (χ3v) is 8.89. The van der Waals surface area contributed by atoms with Crippen LogP contribution in [0.25, 0.3) is 0 Å². The van der Waals surface area contributed by atoms with Gasteiger partial charge in [0.25, 0.3) is 0 Å². The van der Waals surface area contributed by atoms with Crippen LogP contribution >= 0.6 is 0 Å². The van der Waals surface area contributed by atoms with Gasteiger partial charge in [-0.05, 0) is 79.1 Å². The number of aliphatic hydroxyl groups is 2. The molecule has 6 nitrogen and oxygen atoms in total. The van der Waals surface area contributed by atoms with Crippen LogP contribution in [-0.2, 0) is 19.1 Å². The minimum atomic E-state index is -0.941. The number of carbonyl (C=O) groups is 2. The quantitative estimate of drug-likeness (QED) is 0.551. The van der Waals surface area contributed by atoms with Crippen molar-refractivity contribution >= 4 is 11.9 Å². The van der Waals surface area contributed by atoms with Gasteiger partial charge in [-0.3, -0.25) is 9.59 Å². The largest absolute Gasteiger partial charge is 0.463 e. The van der Waals surface area contributed by atoms with Crippen molar-refractivity contribution in [1.82, 2.24) is 0 Å². The standard InChI is InChI=1S/C23H34O6/c1-14(24)28-12-16-8-19(26)11-21(3)20(16)5-4-17-9-18-10-22(17,21)6-7-23(18,27)13-29-15(2)25/h8,17-20,26-27H,4-7,9-13H2,1-3H3. The average molecular weight is 407 g/mol. The molecule has 4 aliphatic rings. The first kappa shape index (κ1) is 20.9. The Hall–Kier alpha value is -1.40. The van der Waals surface area contributed by atoms with E-state index < -0.39 is 11.7 Å². The van der Waals surface area contributed by atoms with Gasteiger partial charge < -0.3 is 19.7 Å². The van der Waals surface area contributed by atoms with Crippen LogP contribution in [0, 0.1) is 28.6 Å². The third-order valence-electron chi connectivity index (χ3n) is 8.89. The van der Waals surface area contributed by atoms with Gasteiger partial charge in [-0.2, -0.15) is 0 Å².